The highest BCUT2D eigenvalue weighted by molar-refractivity contribution is 6.04. The van der Waals surface area contributed by atoms with Gasteiger partial charge in [0.15, 0.2) is 11.5 Å². The van der Waals surface area contributed by atoms with Crippen molar-refractivity contribution >= 4 is 17.5 Å². The lowest BCUT2D eigenvalue weighted by molar-refractivity contribution is -0.160. The summed E-state index contributed by atoms with van der Waals surface area (Å²) in [7, 11) is 0. The molecule has 0 unspecified atom stereocenters. The summed E-state index contributed by atoms with van der Waals surface area (Å²) in [6, 6.07) is 11.6. The van der Waals surface area contributed by atoms with E-state index in [0.29, 0.717) is 35.8 Å². The smallest absolute Gasteiger partial charge is 0.255 e. The molecule has 1 saturated heterocycles. The third-order valence-electron chi connectivity index (χ3n) is 5.15. The van der Waals surface area contributed by atoms with E-state index in [0.717, 1.165) is 5.56 Å². The Bertz CT molecular complexity index is 933. The summed E-state index contributed by atoms with van der Waals surface area (Å²) in [5, 5.41) is 12.6. The first-order valence-corrected chi connectivity index (χ1v) is 9.63. The number of amides is 2. The van der Waals surface area contributed by atoms with Crippen molar-refractivity contribution in [3.05, 3.63) is 53.6 Å². The molecule has 2 aliphatic rings. The molecule has 2 heterocycles. The van der Waals surface area contributed by atoms with Gasteiger partial charge < -0.3 is 35.3 Å². The molecule has 4 rings (SSSR count). The fourth-order valence-corrected chi connectivity index (χ4v) is 3.64. The first-order chi connectivity index (χ1) is 14.6. The minimum Gasteiger partial charge on any atom is -0.454 e. The molecule has 0 spiro atoms. The highest BCUT2D eigenvalue weighted by Crippen LogP contribution is 2.33. The number of nitrogens with two attached hydrogens (primary N) is 1. The van der Waals surface area contributed by atoms with Gasteiger partial charge in [0.2, 0.25) is 12.7 Å². The van der Waals surface area contributed by atoms with Crippen LogP contribution in [0.2, 0.25) is 0 Å². The van der Waals surface area contributed by atoms with Crippen molar-refractivity contribution in [2.45, 2.75) is 12.1 Å². The van der Waals surface area contributed by atoms with E-state index in [1.54, 1.807) is 47.4 Å². The zero-order valence-electron chi connectivity index (χ0n) is 16.2. The van der Waals surface area contributed by atoms with E-state index in [4.69, 9.17) is 19.9 Å². The van der Waals surface area contributed by atoms with Crippen LogP contribution in [0, 0.1) is 0 Å². The zero-order chi connectivity index (χ0) is 21.1. The number of carbonyl (C=O) groups excluding carboxylic acids is 2. The number of hydrogen-bond acceptors (Lipinski definition) is 7. The number of aliphatic hydroxyl groups excluding tert-OH is 1. The summed E-state index contributed by atoms with van der Waals surface area (Å²) in [4.78, 5) is 26.2. The summed E-state index contributed by atoms with van der Waals surface area (Å²) in [5.74, 6) is 0.689. The average Bonchev–Trinajstić information content (AvgIpc) is 3.23. The number of rotatable bonds is 6. The third-order valence-corrected chi connectivity index (χ3v) is 5.15. The lowest BCUT2D eigenvalue weighted by Gasteiger charge is -2.40. The fraction of sp³-hybridized carbons (Fsp3) is 0.333. The molecule has 9 heteroatoms. The Morgan fingerprint density at radius 1 is 1.17 bits per heavy atom. The van der Waals surface area contributed by atoms with Crippen molar-refractivity contribution in [1.82, 2.24) is 4.90 Å². The number of nitrogens with zero attached hydrogens (tertiary/aromatic N) is 1. The van der Waals surface area contributed by atoms with Gasteiger partial charge in [-0.3, -0.25) is 9.59 Å². The monoisotopic (exact) mass is 413 g/mol. The van der Waals surface area contributed by atoms with Crippen molar-refractivity contribution < 1.29 is 28.9 Å². The van der Waals surface area contributed by atoms with Crippen LogP contribution >= 0.6 is 0 Å². The van der Waals surface area contributed by atoms with E-state index >= 15 is 0 Å². The average molecular weight is 413 g/mol. The Balaban J connectivity index is 1.46. The number of anilines is 1. The largest absolute Gasteiger partial charge is 0.454 e. The lowest BCUT2D eigenvalue weighted by Crippen LogP contribution is -2.54. The molecule has 9 nitrogen and oxygen atoms in total. The highest BCUT2D eigenvalue weighted by Gasteiger charge is 2.36. The standard InChI is InChI=1S/C21H23N3O6/c22-7-8-24-16(10-25)20(28-11-19(24)26)13-1-4-15(5-2-13)23-21(27)14-3-6-17-18(9-14)30-12-29-17/h1-6,9,16,20,25H,7-8,10-12,22H2,(H,23,27)/t16-,20-/m1/s1. The van der Waals surface area contributed by atoms with Gasteiger partial charge in [-0.2, -0.15) is 0 Å². The van der Waals surface area contributed by atoms with Gasteiger partial charge in [0.25, 0.3) is 5.91 Å². The first kappa shape index (κ1) is 20.1. The Labute approximate surface area is 173 Å². The highest BCUT2D eigenvalue weighted by atomic mass is 16.7. The summed E-state index contributed by atoms with van der Waals surface area (Å²) in [5.41, 5.74) is 7.45. The molecule has 0 aliphatic carbocycles. The maximum absolute atomic E-state index is 12.5. The number of hydrogen-bond donors (Lipinski definition) is 3. The first-order valence-electron chi connectivity index (χ1n) is 9.63. The quantitative estimate of drug-likeness (QED) is 0.642. The Kier molecular flexibility index (Phi) is 5.84. The van der Waals surface area contributed by atoms with Gasteiger partial charge >= 0.3 is 0 Å². The number of benzene rings is 2. The van der Waals surface area contributed by atoms with Crippen molar-refractivity contribution in [3.8, 4) is 11.5 Å². The summed E-state index contributed by atoms with van der Waals surface area (Å²) < 4.78 is 16.2. The molecule has 0 bridgehead atoms. The van der Waals surface area contributed by atoms with Crippen LogP contribution < -0.4 is 20.5 Å². The maximum atomic E-state index is 12.5. The number of aliphatic hydroxyl groups is 1. The summed E-state index contributed by atoms with van der Waals surface area (Å²) >= 11 is 0. The molecule has 0 aromatic heterocycles. The molecule has 2 atom stereocenters. The molecule has 2 aromatic rings. The zero-order valence-corrected chi connectivity index (χ0v) is 16.2. The number of morpholine rings is 1. The van der Waals surface area contributed by atoms with E-state index in [-0.39, 0.29) is 31.8 Å². The fourth-order valence-electron chi connectivity index (χ4n) is 3.64. The van der Waals surface area contributed by atoms with E-state index in [1.807, 2.05) is 0 Å². The molecule has 4 N–H and O–H groups in total. The predicted molar refractivity (Wildman–Crippen MR) is 107 cm³/mol. The lowest BCUT2D eigenvalue weighted by atomic mass is 9.99. The van der Waals surface area contributed by atoms with Gasteiger partial charge in [-0.25, -0.2) is 0 Å². The van der Waals surface area contributed by atoms with E-state index in [1.165, 1.54) is 0 Å². The molecule has 2 aromatic carbocycles. The van der Waals surface area contributed by atoms with Crippen LogP contribution in [0.3, 0.4) is 0 Å². The molecule has 1 fully saturated rings. The molecular weight excluding hydrogens is 390 g/mol. The Morgan fingerprint density at radius 2 is 1.93 bits per heavy atom. The molecule has 30 heavy (non-hydrogen) atoms. The molecule has 0 radical (unpaired) electrons. The predicted octanol–water partition coefficient (Wildman–Crippen LogP) is 0.887. The minimum absolute atomic E-state index is 0.0657. The second-order valence-electron chi connectivity index (χ2n) is 7.00. The SMILES string of the molecule is NCCN1C(=O)CO[C@H](c2ccc(NC(=O)c3ccc4c(c3)OCO4)cc2)[C@H]1CO. The van der Waals surface area contributed by atoms with Gasteiger partial charge in [0.1, 0.15) is 12.7 Å². The molecular formula is C21H23N3O6. The van der Waals surface area contributed by atoms with Crippen LogP contribution in [0.25, 0.3) is 0 Å². The molecule has 158 valence electrons. The Hall–Kier alpha value is -3.14. The minimum atomic E-state index is -0.510. The number of nitrogens with one attached hydrogen (secondary N) is 1. The normalized spacial score (nSPS) is 20.3. The van der Waals surface area contributed by atoms with Crippen LogP contribution in [-0.2, 0) is 9.53 Å². The van der Waals surface area contributed by atoms with Crippen LogP contribution in [-0.4, -0.2) is 61.0 Å². The third kappa shape index (κ3) is 3.95. The second kappa shape index (κ2) is 8.70. The van der Waals surface area contributed by atoms with Gasteiger partial charge in [-0.05, 0) is 35.9 Å². The summed E-state index contributed by atoms with van der Waals surface area (Å²) in [6.45, 7) is 0.504. The number of ether oxygens (including phenoxy) is 3. The summed E-state index contributed by atoms with van der Waals surface area (Å²) in [6.07, 6.45) is -0.474. The second-order valence-corrected chi connectivity index (χ2v) is 7.00. The van der Waals surface area contributed by atoms with E-state index < -0.39 is 12.1 Å². The van der Waals surface area contributed by atoms with Crippen molar-refractivity contribution in [2.75, 3.05) is 38.4 Å². The van der Waals surface area contributed by atoms with Crippen molar-refractivity contribution in [1.29, 1.82) is 0 Å². The van der Waals surface area contributed by atoms with E-state index in [2.05, 4.69) is 5.32 Å². The van der Waals surface area contributed by atoms with Crippen LogP contribution in [0.5, 0.6) is 11.5 Å². The van der Waals surface area contributed by atoms with Gasteiger partial charge in [-0.1, -0.05) is 12.1 Å². The van der Waals surface area contributed by atoms with E-state index in [9.17, 15) is 14.7 Å². The van der Waals surface area contributed by atoms with Gasteiger partial charge in [0, 0.05) is 24.3 Å². The van der Waals surface area contributed by atoms with Crippen LogP contribution in [0.4, 0.5) is 5.69 Å². The van der Waals surface area contributed by atoms with Crippen molar-refractivity contribution in [2.24, 2.45) is 5.73 Å². The van der Waals surface area contributed by atoms with Gasteiger partial charge in [0.05, 0.1) is 12.6 Å². The molecule has 2 amide bonds. The van der Waals surface area contributed by atoms with Crippen molar-refractivity contribution in [3.63, 3.8) is 0 Å². The van der Waals surface area contributed by atoms with Gasteiger partial charge in [-0.15, -0.1) is 0 Å². The topological polar surface area (TPSA) is 123 Å². The number of fused-ring (bicyclic) bond motifs is 1. The van der Waals surface area contributed by atoms with Crippen LogP contribution in [0.15, 0.2) is 42.5 Å². The Morgan fingerprint density at radius 3 is 2.67 bits per heavy atom. The molecule has 0 saturated carbocycles. The number of carbonyl (C=O) groups is 2. The molecule has 2 aliphatic heterocycles. The van der Waals surface area contributed by atoms with Crippen LogP contribution in [0.1, 0.15) is 22.0 Å². The maximum Gasteiger partial charge on any atom is 0.255 e.